The van der Waals surface area contributed by atoms with Crippen molar-refractivity contribution in [3.8, 4) is 0 Å². The van der Waals surface area contributed by atoms with Gasteiger partial charge in [0.25, 0.3) is 0 Å². The number of hydrogen-bond donors (Lipinski definition) is 2. The van der Waals surface area contributed by atoms with Gasteiger partial charge in [0.05, 0.1) is 5.25 Å². The van der Waals surface area contributed by atoms with Crippen molar-refractivity contribution in [3.05, 3.63) is 29.8 Å². The smallest absolute Gasteiger partial charge is 0.237 e. The molecular weight excluding hydrogens is 328 g/mol. The Morgan fingerprint density at radius 3 is 2.70 bits per heavy atom. The van der Waals surface area contributed by atoms with Crippen LogP contribution in [-0.2, 0) is 4.79 Å². The van der Waals surface area contributed by atoms with Gasteiger partial charge in [-0.1, -0.05) is 55.1 Å². The highest BCUT2D eigenvalue weighted by atomic mass is 32.2. The summed E-state index contributed by atoms with van der Waals surface area (Å²) in [5, 5.41) is 14.8. The van der Waals surface area contributed by atoms with Crippen LogP contribution in [0.15, 0.2) is 28.6 Å². The van der Waals surface area contributed by atoms with Crippen molar-refractivity contribution in [1.82, 2.24) is 10.2 Å². The first kappa shape index (κ1) is 17.7. The van der Waals surface area contributed by atoms with E-state index in [9.17, 15) is 4.79 Å². The maximum Gasteiger partial charge on any atom is 0.237 e. The van der Waals surface area contributed by atoms with Gasteiger partial charge in [-0.3, -0.25) is 4.79 Å². The van der Waals surface area contributed by atoms with Gasteiger partial charge in [0.15, 0.2) is 4.34 Å². The summed E-state index contributed by atoms with van der Waals surface area (Å²) in [4.78, 5) is 12.4. The Labute approximate surface area is 145 Å². The van der Waals surface area contributed by atoms with E-state index in [4.69, 9.17) is 0 Å². The minimum Gasteiger partial charge on any atom is -0.360 e. The number of hydrogen-bond acceptors (Lipinski definition) is 6. The zero-order valence-electron chi connectivity index (χ0n) is 13.8. The number of aromatic nitrogens is 2. The van der Waals surface area contributed by atoms with Crippen molar-refractivity contribution < 1.29 is 4.79 Å². The van der Waals surface area contributed by atoms with E-state index in [0.717, 1.165) is 27.3 Å². The molecule has 0 aliphatic carbocycles. The van der Waals surface area contributed by atoms with Gasteiger partial charge in [-0.2, -0.15) is 0 Å². The molecule has 1 aromatic carbocycles. The van der Waals surface area contributed by atoms with Gasteiger partial charge >= 0.3 is 0 Å². The zero-order valence-corrected chi connectivity index (χ0v) is 15.4. The Hall–Kier alpha value is -1.60. The van der Waals surface area contributed by atoms with Gasteiger partial charge in [-0.25, -0.2) is 0 Å². The second-order valence-electron chi connectivity index (χ2n) is 5.39. The van der Waals surface area contributed by atoms with Crippen LogP contribution in [0.5, 0.6) is 0 Å². The number of thioether (sulfide) groups is 1. The Morgan fingerprint density at radius 2 is 2.00 bits per heavy atom. The maximum absolute atomic E-state index is 12.4. The molecule has 0 unspecified atom stereocenters. The minimum atomic E-state index is -0.238. The lowest BCUT2D eigenvalue weighted by Gasteiger charge is -2.15. The highest BCUT2D eigenvalue weighted by Gasteiger charge is 2.18. The van der Waals surface area contributed by atoms with Crippen molar-refractivity contribution in [2.75, 3.05) is 17.2 Å². The molecule has 2 N–H and O–H groups in total. The molecule has 0 bridgehead atoms. The molecule has 1 amide bonds. The normalized spacial score (nSPS) is 12.2. The molecule has 124 valence electrons. The molecule has 0 fully saturated rings. The number of nitrogens with one attached hydrogen (secondary N) is 2. The molecule has 0 saturated carbocycles. The third-order valence-corrected chi connectivity index (χ3v) is 5.29. The van der Waals surface area contributed by atoms with Crippen molar-refractivity contribution in [2.24, 2.45) is 0 Å². The first-order chi connectivity index (χ1) is 11.0. The lowest BCUT2D eigenvalue weighted by Crippen LogP contribution is -2.23. The van der Waals surface area contributed by atoms with Crippen molar-refractivity contribution in [2.45, 2.75) is 43.2 Å². The standard InChI is InChI=1S/C16H22N4OS2/c1-5-17-15-19-20-16(23-15)22-11(4)14(21)18-13-9-7-6-8-12(13)10(2)3/h6-11H,5H2,1-4H3,(H,17,19)(H,18,21)/t11-/m1/s1. The molecule has 23 heavy (non-hydrogen) atoms. The third-order valence-electron chi connectivity index (χ3n) is 3.22. The number of nitrogens with zero attached hydrogens (tertiary/aromatic N) is 2. The van der Waals surface area contributed by atoms with E-state index in [0.29, 0.717) is 5.92 Å². The van der Waals surface area contributed by atoms with Crippen LogP contribution in [0, 0.1) is 0 Å². The average Bonchev–Trinajstić information content (AvgIpc) is 2.95. The van der Waals surface area contributed by atoms with E-state index in [1.165, 1.54) is 23.1 Å². The van der Waals surface area contributed by atoms with Gasteiger partial charge in [-0.15, -0.1) is 10.2 Å². The predicted molar refractivity (Wildman–Crippen MR) is 98.6 cm³/mol. The minimum absolute atomic E-state index is 0.0247. The fraction of sp³-hybridized carbons (Fsp3) is 0.438. The van der Waals surface area contributed by atoms with Crippen LogP contribution in [0.4, 0.5) is 10.8 Å². The third kappa shape index (κ3) is 4.94. The zero-order chi connectivity index (χ0) is 16.8. The molecule has 0 radical (unpaired) electrons. The molecule has 0 spiro atoms. The monoisotopic (exact) mass is 350 g/mol. The fourth-order valence-electron chi connectivity index (χ4n) is 2.03. The topological polar surface area (TPSA) is 66.9 Å². The van der Waals surface area contributed by atoms with Crippen LogP contribution >= 0.6 is 23.1 Å². The lowest BCUT2D eigenvalue weighted by atomic mass is 10.0. The lowest BCUT2D eigenvalue weighted by molar-refractivity contribution is -0.115. The van der Waals surface area contributed by atoms with E-state index in [-0.39, 0.29) is 11.2 Å². The van der Waals surface area contributed by atoms with Gasteiger partial charge in [0, 0.05) is 12.2 Å². The van der Waals surface area contributed by atoms with Gasteiger partial charge in [0.1, 0.15) is 0 Å². The SMILES string of the molecule is CCNc1nnc(S[C@H](C)C(=O)Nc2ccccc2C(C)C)s1. The van der Waals surface area contributed by atoms with Gasteiger partial charge in [0.2, 0.25) is 11.0 Å². The Balaban J connectivity index is 1.99. The molecule has 2 aromatic rings. The predicted octanol–water partition coefficient (Wildman–Crippen LogP) is 4.21. The van der Waals surface area contributed by atoms with Gasteiger partial charge in [-0.05, 0) is 31.4 Å². The molecule has 0 aliphatic heterocycles. The summed E-state index contributed by atoms with van der Waals surface area (Å²) in [5.74, 6) is 0.337. The molecule has 7 heteroatoms. The van der Waals surface area contributed by atoms with Crippen molar-refractivity contribution >= 4 is 39.8 Å². The number of rotatable bonds is 7. The second kappa shape index (κ2) is 8.31. The molecule has 1 heterocycles. The van der Waals surface area contributed by atoms with E-state index in [1.54, 1.807) is 0 Å². The molecule has 0 saturated heterocycles. The largest absolute Gasteiger partial charge is 0.360 e. The summed E-state index contributed by atoms with van der Waals surface area (Å²) < 4.78 is 0.792. The first-order valence-electron chi connectivity index (χ1n) is 7.65. The Kier molecular flexibility index (Phi) is 6.41. The van der Waals surface area contributed by atoms with Crippen LogP contribution in [-0.4, -0.2) is 27.9 Å². The van der Waals surface area contributed by atoms with E-state index < -0.39 is 0 Å². The fourth-order valence-corrected chi connectivity index (χ4v) is 4.00. The van der Waals surface area contributed by atoms with Crippen molar-refractivity contribution in [3.63, 3.8) is 0 Å². The number of anilines is 2. The Morgan fingerprint density at radius 1 is 1.26 bits per heavy atom. The molecule has 1 aromatic heterocycles. The van der Waals surface area contributed by atoms with Crippen LogP contribution in [0.1, 0.15) is 39.2 Å². The molecular formula is C16H22N4OS2. The second-order valence-corrected chi connectivity index (χ2v) is 7.96. The summed E-state index contributed by atoms with van der Waals surface area (Å²) >= 11 is 2.89. The summed E-state index contributed by atoms with van der Waals surface area (Å²) in [5.41, 5.74) is 2.02. The van der Waals surface area contributed by atoms with Crippen LogP contribution in [0.3, 0.4) is 0 Å². The van der Waals surface area contributed by atoms with Gasteiger partial charge < -0.3 is 10.6 Å². The number of para-hydroxylation sites is 1. The Bertz CT molecular complexity index is 657. The summed E-state index contributed by atoms with van der Waals surface area (Å²) in [6.45, 7) is 8.93. The van der Waals surface area contributed by atoms with Crippen LogP contribution in [0.2, 0.25) is 0 Å². The summed E-state index contributed by atoms with van der Waals surface area (Å²) in [7, 11) is 0. The number of benzene rings is 1. The van der Waals surface area contributed by atoms with E-state index in [1.807, 2.05) is 38.1 Å². The summed E-state index contributed by atoms with van der Waals surface area (Å²) in [6, 6.07) is 7.92. The number of carbonyl (C=O) groups excluding carboxylic acids is 1. The molecule has 1 atom stereocenters. The number of amides is 1. The van der Waals surface area contributed by atoms with E-state index in [2.05, 4.69) is 34.7 Å². The molecule has 0 aliphatic rings. The first-order valence-corrected chi connectivity index (χ1v) is 9.34. The average molecular weight is 351 g/mol. The highest BCUT2D eigenvalue weighted by Crippen LogP contribution is 2.30. The van der Waals surface area contributed by atoms with E-state index >= 15 is 0 Å². The molecule has 5 nitrogen and oxygen atoms in total. The molecule has 2 rings (SSSR count). The maximum atomic E-state index is 12.4. The number of carbonyl (C=O) groups is 1. The van der Waals surface area contributed by atoms with Crippen LogP contribution in [0.25, 0.3) is 0 Å². The highest BCUT2D eigenvalue weighted by molar-refractivity contribution is 8.02. The quantitative estimate of drug-likeness (QED) is 0.732. The van der Waals surface area contributed by atoms with Crippen LogP contribution < -0.4 is 10.6 Å². The van der Waals surface area contributed by atoms with Crippen molar-refractivity contribution in [1.29, 1.82) is 0 Å². The summed E-state index contributed by atoms with van der Waals surface area (Å²) in [6.07, 6.45) is 0.